The molecule has 0 amide bonds. The van der Waals surface area contributed by atoms with Gasteiger partial charge in [0.05, 0.1) is 10.5 Å². The molecule has 0 aromatic carbocycles. The highest BCUT2D eigenvalue weighted by Gasteiger charge is 2.38. The highest BCUT2D eigenvalue weighted by molar-refractivity contribution is 7.89. The van der Waals surface area contributed by atoms with Gasteiger partial charge >= 0.3 is 5.97 Å². The molecule has 1 saturated carbocycles. The van der Waals surface area contributed by atoms with Crippen molar-refractivity contribution in [2.24, 2.45) is 0 Å². The van der Waals surface area contributed by atoms with Crippen LogP contribution < -0.4 is 4.72 Å². The van der Waals surface area contributed by atoms with Crippen LogP contribution in [-0.4, -0.2) is 38.7 Å². The molecule has 0 unspecified atom stereocenters. The Labute approximate surface area is 121 Å². The number of rotatable bonds is 6. The lowest BCUT2D eigenvalue weighted by atomic mass is 9.80. The standard InChI is InChI=1S/C12H17NO5S2/c1-8-10(6-9(19-8)11(14)15)20(16,17)13-7-12(18-2)4-3-5-12/h6,13H,3-5,7H2,1-2H3,(H,14,15). The molecule has 6 nitrogen and oxygen atoms in total. The van der Waals surface area contributed by atoms with Crippen LogP contribution >= 0.6 is 11.3 Å². The Kier molecular flexibility index (Phi) is 4.19. The summed E-state index contributed by atoms with van der Waals surface area (Å²) in [6.45, 7) is 1.81. The first kappa shape index (κ1) is 15.4. The van der Waals surface area contributed by atoms with Crippen molar-refractivity contribution < 1.29 is 23.1 Å². The summed E-state index contributed by atoms with van der Waals surface area (Å²) in [6.07, 6.45) is 2.68. The van der Waals surface area contributed by atoms with Crippen LogP contribution in [0.2, 0.25) is 0 Å². The molecule has 1 heterocycles. The average Bonchev–Trinajstić information content (AvgIpc) is 2.71. The summed E-state index contributed by atoms with van der Waals surface area (Å²) < 4.78 is 32.4. The van der Waals surface area contributed by atoms with Gasteiger partial charge in [-0.1, -0.05) is 0 Å². The molecule has 0 bridgehead atoms. The van der Waals surface area contributed by atoms with E-state index in [4.69, 9.17) is 9.84 Å². The zero-order chi connectivity index (χ0) is 15.0. The number of carbonyl (C=O) groups is 1. The van der Waals surface area contributed by atoms with Crippen molar-refractivity contribution in [1.29, 1.82) is 0 Å². The van der Waals surface area contributed by atoms with Gasteiger partial charge in [0.25, 0.3) is 0 Å². The minimum atomic E-state index is -3.71. The minimum absolute atomic E-state index is 0.0213. The van der Waals surface area contributed by atoms with Crippen LogP contribution in [0.5, 0.6) is 0 Å². The van der Waals surface area contributed by atoms with Gasteiger partial charge in [-0.2, -0.15) is 0 Å². The number of nitrogens with one attached hydrogen (secondary N) is 1. The number of ether oxygens (including phenoxy) is 1. The van der Waals surface area contributed by atoms with Gasteiger partial charge in [0, 0.05) is 18.5 Å². The highest BCUT2D eigenvalue weighted by atomic mass is 32.2. The third-order valence-electron chi connectivity index (χ3n) is 3.65. The van der Waals surface area contributed by atoms with E-state index in [-0.39, 0.29) is 16.3 Å². The van der Waals surface area contributed by atoms with Crippen molar-refractivity contribution in [3.63, 3.8) is 0 Å². The fraction of sp³-hybridized carbons (Fsp3) is 0.583. The van der Waals surface area contributed by atoms with E-state index < -0.39 is 21.6 Å². The van der Waals surface area contributed by atoms with E-state index in [0.717, 1.165) is 30.6 Å². The number of thiophene rings is 1. The lowest BCUT2D eigenvalue weighted by Gasteiger charge is -2.40. The molecular weight excluding hydrogens is 302 g/mol. The minimum Gasteiger partial charge on any atom is -0.477 e. The van der Waals surface area contributed by atoms with Gasteiger partial charge < -0.3 is 9.84 Å². The largest absolute Gasteiger partial charge is 0.477 e. The van der Waals surface area contributed by atoms with Crippen molar-refractivity contribution in [2.45, 2.75) is 36.7 Å². The van der Waals surface area contributed by atoms with E-state index in [9.17, 15) is 13.2 Å². The molecule has 0 radical (unpaired) electrons. The summed E-state index contributed by atoms with van der Waals surface area (Å²) >= 11 is 0.958. The summed E-state index contributed by atoms with van der Waals surface area (Å²) in [7, 11) is -2.13. The molecule has 0 aliphatic heterocycles. The number of aromatic carboxylic acids is 1. The fourth-order valence-electron chi connectivity index (χ4n) is 2.17. The van der Waals surface area contributed by atoms with Crippen molar-refractivity contribution in [2.75, 3.05) is 13.7 Å². The number of hydrogen-bond acceptors (Lipinski definition) is 5. The fourth-order valence-corrected chi connectivity index (χ4v) is 4.71. The molecule has 1 aromatic heterocycles. The van der Waals surface area contributed by atoms with E-state index >= 15 is 0 Å². The second-order valence-electron chi connectivity index (χ2n) is 4.90. The predicted molar refractivity (Wildman–Crippen MR) is 74.8 cm³/mol. The van der Waals surface area contributed by atoms with Gasteiger partial charge in [0.1, 0.15) is 4.88 Å². The summed E-state index contributed by atoms with van der Waals surface area (Å²) in [5.41, 5.74) is -0.410. The van der Waals surface area contributed by atoms with Crippen molar-refractivity contribution in [3.05, 3.63) is 15.8 Å². The highest BCUT2D eigenvalue weighted by Crippen LogP contribution is 2.35. The maximum absolute atomic E-state index is 12.2. The summed E-state index contributed by atoms with van der Waals surface area (Å²) in [4.78, 5) is 11.4. The van der Waals surface area contributed by atoms with Gasteiger partial charge in [0.15, 0.2) is 0 Å². The van der Waals surface area contributed by atoms with Gasteiger partial charge in [-0.15, -0.1) is 11.3 Å². The first-order valence-electron chi connectivity index (χ1n) is 6.18. The Hall–Kier alpha value is -0.960. The number of hydrogen-bond donors (Lipinski definition) is 2. The Balaban J connectivity index is 2.16. The Morgan fingerprint density at radius 1 is 1.55 bits per heavy atom. The molecule has 1 aromatic rings. The van der Waals surface area contributed by atoms with E-state index in [1.54, 1.807) is 14.0 Å². The van der Waals surface area contributed by atoms with Crippen LogP contribution in [0.4, 0.5) is 0 Å². The average molecular weight is 319 g/mol. The normalized spacial score (nSPS) is 17.7. The van der Waals surface area contributed by atoms with E-state index in [1.807, 2.05) is 0 Å². The Morgan fingerprint density at radius 3 is 2.60 bits per heavy atom. The van der Waals surface area contributed by atoms with Gasteiger partial charge in [-0.3, -0.25) is 0 Å². The second kappa shape index (κ2) is 5.44. The third kappa shape index (κ3) is 2.88. The maximum atomic E-state index is 12.2. The van der Waals surface area contributed by atoms with Gasteiger partial charge in [-0.05, 0) is 32.3 Å². The summed E-state index contributed by atoms with van der Waals surface area (Å²) in [5.74, 6) is -1.12. The Morgan fingerprint density at radius 2 is 2.20 bits per heavy atom. The molecule has 8 heteroatoms. The van der Waals surface area contributed by atoms with E-state index in [1.165, 1.54) is 6.07 Å². The summed E-state index contributed by atoms with van der Waals surface area (Å²) in [6, 6.07) is 1.20. The number of aryl methyl sites for hydroxylation is 1. The quantitative estimate of drug-likeness (QED) is 0.831. The lowest BCUT2D eigenvalue weighted by Crippen LogP contribution is -2.49. The van der Waals surface area contributed by atoms with Crippen LogP contribution in [0, 0.1) is 6.92 Å². The molecule has 0 spiro atoms. The third-order valence-corrected chi connectivity index (χ3v) is 6.35. The second-order valence-corrected chi connectivity index (χ2v) is 7.89. The smallest absolute Gasteiger partial charge is 0.345 e. The van der Waals surface area contributed by atoms with Crippen LogP contribution in [-0.2, 0) is 14.8 Å². The molecule has 0 atom stereocenters. The molecular formula is C12H17NO5S2. The van der Waals surface area contributed by atoms with Gasteiger partial charge in [-0.25, -0.2) is 17.9 Å². The van der Waals surface area contributed by atoms with Crippen LogP contribution in [0.25, 0.3) is 0 Å². The molecule has 2 N–H and O–H groups in total. The zero-order valence-corrected chi connectivity index (χ0v) is 12.9. The summed E-state index contributed by atoms with van der Waals surface area (Å²) in [5, 5.41) is 8.91. The van der Waals surface area contributed by atoms with Crippen molar-refractivity contribution >= 4 is 27.3 Å². The first-order valence-corrected chi connectivity index (χ1v) is 8.48. The lowest BCUT2D eigenvalue weighted by molar-refractivity contribution is -0.0659. The number of methoxy groups -OCH3 is 1. The Bertz CT molecular complexity index is 610. The predicted octanol–water partition coefficient (Wildman–Crippen LogP) is 1.60. The van der Waals surface area contributed by atoms with Crippen molar-refractivity contribution in [1.82, 2.24) is 4.72 Å². The number of carboxylic acid groups (broad SMARTS) is 1. The van der Waals surface area contributed by atoms with Crippen molar-refractivity contribution in [3.8, 4) is 0 Å². The zero-order valence-electron chi connectivity index (χ0n) is 11.3. The molecule has 0 saturated heterocycles. The molecule has 1 fully saturated rings. The first-order chi connectivity index (χ1) is 9.30. The molecule has 20 heavy (non-hydrogen) atoms. The van der Waals surface area contributed by atoms with E-state index in [0.29, 0.717) is 4.88 Å². The molecule has 2 rings (SSSR count). The SMILES string of the molecule is COC1(CNS(=O)(=O)c2cc(C(=O)O)sc2C)CCC1. The van der Waals surface area contributed by atoms with Crippen LogP contribution in [0.15, 0.2) is 11.0 Å². The molecule has 1 aliphatic carbocycles. The van der Waals surface area contributed by atoms with Gasteiger partial charge in [0.2, 0.25) is 10.0 Å². The monoisotopic (exact) mass is 319 g/mol. The van der Waals surface area contributed by atoms with Crippen LogP contribution in [0.3, 0.4) is 0 Å². The van der Waals surface area contributed by atoms with E-state index in [2.05, 4.69) is 4.72 Å². The van der Waals surface area contributed by atoms with Crippen LogP contribution in [0.1, 0.15) is 33.8 Å². The number of sulfonamides is 1. The molecule has 1 aliphatic rings. The maximum Gasteiger partial charge on any atom is 0.345 e. The number of carboxylic acids is 1. The molecule has 112 valence electrons. The topological polar surface area (TPSA) is 92.7 Å².